The number of aromatic nitrogens is 4. The summed E-state index contributed by atoms with van der Waals surface area (Å²) in [6.45, 7) is 0.689. The maximum atomic E-state index is 5.41. The molecular formula is C15H13N5OS. The third-order valence-corrected chi connectivity index (χ3v) is 4.32. The number of hydrogen-bond acceptors (Lipinski definition) is 6. The standard InChI is InChI=1S/C15H13N5OS/c1-20-9-19-13-14(17-8-18-15(13)20)16-6-11-5-10(7-22-11)12-3-2-4-21-12/h2-5,7-9H,6H2,1H3,(H,16,17,18). The van der Waals surface area contributed by atoms with E-state index in [0.29, 0.717) is 6.54 Å². The number of rotatable bonds is 4. The summed E-state index contributed by atoms with van der Waals surface area (Å²) < 4.78 is 7.29. The van der Waals surface area contributed by atoms with E-state index in [0.717, 1.165) is 28.3 Å². The number of aryl methyl sites for hydroxylation is 1. The van der Waals surface area contributed by atoms with Crippen molar-refractivity contribution in [3.8, 4) is 11.3 Å². The molecule has 0 aliphatic heterocycles. The van der Waals surface area contributed by atoms with E-state index >= 15 is 0 Å². The van der Waals surface area contributed by atoms with Gasteiger partial charge in [-0.25, -0.2) is 15.0 Å². The summed E-state index contributed by atoms with van der Waals surface area (Å²) in [6, 6.07) is 5.97. The van der Waals surface area contributed by atoms with Crippen LogP contribution in [0, 0.1) is 0 Å². The van der Waals surface area contributed by atoms with E-state index in [1.54, 1.807) is 30.3 Å². The fourth-order valence-electron chi connectivity index (χ4n) is 2.29. The third kappa shape index (κ3) is 2.25. The highest BCUT2D eigenvalue weighted by Crippen LogP contribution is 2.26. The van der Waals surface area contributed by atoms with Crippen molar-refractivity contribution in [3.63, 3.8) is 0 Å². The molecule has 1 N–H and O–H groups in total. The van der Waals surface area contributed by atoms with Gasteiger partial charge >= 0.3 is 0 Å². The highest BCUT2D eigenvalue weighted by atomic mass is 32.1. The average molecular weight is 311 g/mol. The lowest BCUT2D eigenvalue weighted by Crippen LogP contribution is -2.01. The fourth-order valence-corrected chi connectivity index (χ4v) is 3.10. The highest BCUT2D eigenvalue weighted by molar-refractivity contribution is 7.10. The molecule has 22 heavy (non-hydrogen) atoms. The lowest BCUT2D eigenvalue weighted by molar-refractivity contribution is 0.582. The summed E-state index contributed by atoms with van der Waals surface area (Å²) in [4.78, 5) is 14.1. The van der Waals surface area contributed by atoms with E-state index in [2.05, 4.69) is 31.7 Å². The van der Waals surface area contributed by atoms with E-state index < -0.39 is 0 Å². The Morgan fingerprint density at radius 2 is 2.27 bits per heavy atom. The van der Waals surface area contributed by atoms with Gasteiger partial charge < -0.3 is 14.3 Å². The SMILES string of the molecule is Cn1cnc2c(NCc3cc(-c4ccco4)cs3)ncnc21. The van der Waals surface area contributed by atoms with Crippen LogP contribution in [-0.2, 0) is 13.6 Å². The molecule has 6 nitrogen and oxygen atoms in total. The first-order chi connectivity index (χ1) is 10.8. The lowest BCUT2D eigenvalue weighted by Gasteiger charge is -2.04. The van der Waals surface area contributed by atoms with Gasteiger partial charge in [-0.1, -0.05) is 0 Å². The predicted molar refractivity (Wildman–Crippen MR) is 85.7 cm³/mol. The Kier molecular flexibility index (Phi) is 3.12. The molecule has 4 rings (SSSR count). The largest absolute Gasteiger partial charge is 0.464 e. The van der Waals surface area contributed by atoms with Crippen molar-refractivity contribution in [1.82, 2.24) is 19.5 Å². The number of fused-ring (bicyclic) bond motifs is 1. The van der Waals surface area contributed by atoms with Crippen molar-refractivity contribution in [2.24, 2.45) is 7.05 Å². The second-order valence-corrected chi connectivity index (χ2v) is 5.88. The average Bonchev–Trinajstić information content (AvgIpc) is 3.26. The van der Waals surface area contributed by atoms with Crippen LogP contribution in [-0.4, -0.2) is 19.5 Å². The van der Waals surface area contributed by atoms with Crippen molar-refractivity contribution >= 4 is 28.3 Å². The summed E-state index contributed by atoms with van der Waals surface area (Å²) in [5.74, 6) is 1.63. The summed E-state index contributed by atoms with van der Waals surface area (Å²) >= 11 is 1.69. The Bertz CT molecular complexity index is 909. The Morgan fingerprint density at radius 3 is 3.14 bits per heavy atom. The van der Waals surface area contributed by atoms with Gasteiger partial charge in [-0.15, -0.1) is 11.3 Å². The molecule has 0 aromatic carbocycles. The molecule has 0 aliphatic carbocycles. The Morgan fingerprint density at radius 1 is 1.32 bits per heavy atom. The number of thiophene rings is 1. The summed E-state index contributed by atoms with van der Waals surface area (Å²) in [5, 5.41) is 5.42. The normalized spacial score (nSPS) is 11.1. The molecule has 7 heteroatoms. The molecular weight excluding hydrogens is 298 g/mol. The van der Waals surface area contributed by atoms with Crippen LogP contribution in [0.15, 0.2) is 46.9 Å². The van der Waals surface area contributed by atoms with Gasteiger partial charge in [0.1, 0.15) is 17.6 Å². The molecule has 0 unspecified atom stereocenters. The molecule has 4 aromatic heterocycles. The minimum Gasteiger partial charge on any atom is -0.464 e. The molecule has 0 bridgehead atoms. The number of anilines is 1. The van der Waals surface area contributed by atoms with Crippen LogP contribution in [0.3, 0.4) is 0 Å². The van der Waals surface area contributed by atoms with Crippen molar-refractivity contribution in [2.75, 3.05) is 5.32 Å². The van der Waals surface area contributed by atoms with Crippen molar-refractivity contribution in [2.45, 2.75) is 6.54 Å². The van der Waals surface area contributed by atoms with Gasteiger partial charge in [-0.3, -0.25) is 0 Å². The summed E-state index contributed by atoms with van der Waals surface area (Å²) in [5.41, 5.74) is 2.70. The molecule has 0 atom stereocenters. The van der Waals surface area contributed by atoms with Gasteiger partial charge in [0.2, 0.25) is 0 Å². The molecule has 0 radical (unpaired) electrons. The van der Waals surface area contributed by atoms with Crippen LogP contribution in [0.25, 0.3) is 22.5 Å². The van der Waals surface area contributed by atoms with Crippen LogP contribution >= 0.6 is 11.3 Å². The monoisotopic (exact) mass is 311 g/mol. The molecule has 4 heterocycles. The first-order valence-corrected chi connectivity index (χ1v) is 7.66. The topological polar surface area (TPSA) is 68.8 Å². The smallest absolute Gasteiger partial charge is 0.165 e. The van der Waals surface area contributed by atoms with Crippen molar-refractivity contribution < 1.29 is 4.42 Å². The summed E-state index contributed by atoms with van der Waals surface area (Å²) in [7, 11) is 1.92. The molecule has 0 aliphatic rings. The fraction of sp³-hybridized carbons (Fsp3) is 0.133. The van der Waals surface area contributed by atoms with Crippen molar-refractivity contribution in [1.29, 1.82) is 0 Å². The number of furan rings is 1. The quantitative estimate of drug-likeness (QED) is 0.626. The zero-order chi connectivity index (χ0) is 14.9. The molecule has 0 saturated heterocycles. The number of nitrogens with zero attached hydrogens (tertiary/aromatic N) is 4. The molecule has 110 valence electrons. The van der Waals surface area contributed by atoms with Gasteiger partial charge in [-0.2, -0.15) is 0 Å². The zero-order valence-electron chi connectivity index (χ0n) is 11.9. The van der Waals surface area contributed by atoms with Gasteiger partial charge in [0.25, 0.3) is 0 Å². The van der Waals surface area contributed by atoms with Crippen LogP contribution in [0.2, 0.25) is 0 Å². The molecule has 0 fully saturated rings. The number of hydrogen-bond donors (Lipinski definition) is 1. The zero-order valence-corrected chi connectivity index (χ0v) is 12.7. The van der Waals surface area contributed by atoms with E-state index in [1.807, 2.05) is 23.7 Å². The number of imidazole rings is 1. The number of nitrogens with one attached hydrogen (secondary N) is 1. The predicted octanol–water partition coefficient (Wildman–Crippen LogP) is 3.30. The maximum Gasteiger partial charge on any atom is 0.165 e. The Labute approximate surface area is 130 Å². The first kappa shape index (κ1) is 13.0. The molecule has 0 spiro atoms. The second-order valence-electron chi connectivity index (χ2n) is 4.88. The van der Waals surface area contributed by atoms with E-state index in [1.165, 1.54) is 4.88 Å². The van der Waals surface area contributed by atoms with Crippen LogP contribution in [0.1, 0.15) is 4.88 Å². The third-order valence-electron chi connectivity index (χ3n) is 3.39. The van der Waals surface area contributed by atoms with E-state index in [9.17, 15) is 0 Å². The first-order valence-electron chi connectivity index (χ1n) is 6.78. The van der Waals surface area contributed by atoms with Gasteiger partial charge in [-0.05, 0) is 18.2 Å². The van der Waals surface area contributed by atoms with Gasteiger partial charge in [0, 0.05) is 22.9 Å². The Balaban J connectivity index is 1.55. The second kappa shape index (κ2) is 5.27. The minimum atomic E-state index is 0.689. The van der Waals surface area contributed by atoms with E-state index in [4.69, 9.17) is 4.42 Å². The maximum absolute atomic E-state index is 5.41. The van der Waals surface area contributed by atoms with Crippen LogP contribution < -0.4 is 5.32 Å². The van der Waals surface area contributed by atoms with Crippen molar-refractivity contribution in [3.05, 3.63) is 47.4 Å². The Hall–Kier alpha value is -2.67. The molecule has 4 aromatic rings. The van der Waals surface area contributed by atoms with E-state index in [-0.39, 0.29) is 0 Å². The van der Waals surface area contributed by atoms with Gasteiger partial charge in [0.05, 0.1) is 19.1 Å². The van der Waals surface area contributed by atoms with Crippen LogP contribution in [0.5, 0.6) is 0 Å². The minimum absolute atomic E-state index is 0.689. The molecule has 0 amide bonds. The highest BCUT2D eigenvalue weighted by Gasteiger charge is 2.09. The van der Waals surface area contributed by atoms with Gasteiger partial charge in [0.15, 0.2) is 11.5 Å². The lowest BCUT2D eigenvalue weighted by atomic mass is 10.2. The summed E-state index contributed by atoms with van der Waals surface area (Å²) in [6.07, 6.45) is 4.98. The molecule has 0 saturated carbocycles. The van der Waals surface area contributed by atoms with Crippen LogP contribution in [0.4, 0.5) is 5.82 Å².